The van der Waals surface area contributed by atoms with Crippen molar-refractivity contribution >= 4 is 27.3 Å². The van der Waals surface area contributed by atoms with Gasteiger partial charge in [-0.05, 0) is 47.4 Å². The third-order valence-corrected chi connectivity index (χ3v) is 4.87. The summed E-state index contributed by atoms with van der Waals surface area (Å²) in [4.78, 5) is 3.92. The number of halogens is 1. The zero-order valence-corrected chi connectivity index (χ0v) is 11.7. The van der Waals surface area contributed by atoms with Gasteiger partial charge < -0.3 is 4.52 Å². The molecule has 1 aliphatic heterocycles. The molecule has 0 bridgehead atoms. The van der Waals surface area contributed by atoms with E-state index >= 15 is 0 Å². The lowest BCUT2D eigenvalue weighted by Gasteiger charge is -2.22. The first kappa shape index (κ1) is 11.4. The van der Waals surface area contributed by atoms with Crippen LogP contribution < -0.4 is 0 Å². The third-order valence-electron chi connectivity index (χ3n) is 3.14. The van der Waals surface area contributed by atoms with Gasteiger partial charge in [-0.25, -0.2) is 0 Å². The number of rotatable bonds is 3. The van der Waals surface area contributed by atoms with E-state index in [1.165, 1.54) is 21.5 Å². The van der Waals surface area contributed by atoms with Crippen LogP contribution in [0, 0.1) is 0 Å². The molecular weight excluding hydrogens is 300 g/mol. The van der Waals surface area contributed by atoms with Crippen molar-refractivity contribution in [3.8, 4) is 0 Å². The van der Waals surface area contributed by atoms with Crippen LogP contribution in [-0.4, -0.2) is 16.6 Å². The van der Waals surface area contributed by atoms with Crippen molar-refractivity contribution in [1.29, 1.82) is 0 Å². The molecule has 0 spiro atoms. The van der Waals surface area contributed by atoms with Gasteiger partial charge in [-0.1, -0.05) is 5.16 Å². The number of thiophene rings is 1. The fraction of sp³-hybridized carbons (Fsp3) is 0.417. The van der Waals surface area contributed by atoms with Crippen molar-refractivity contribution in [2.24, 2.45) is 0 Å². The van der Waals surface area contributed by atoms with Gasteiger partial charge in [0.25, 0.3) is 0 Å². The molecular formula is C12H13BrN2OS. The van der Waals surface area contributed by atoms with Crippen molar-refractivity contribution in [3.05, 3.63) is 38.8 Å². The highest BCUT2D eigenvalue weighted by atomic mass is 79.9. The molecule has 0 saturated carbocycles. The molecule has 1 fully saturated rings. The topological polar surface area (TPSA) is 29.3 Å². The van der Waals surface area contributed by atoms with Gasteiger partial charge in [-0.2, -0.15) is 0 Å². The molecule has 0 radical (unpaired) electrons. The lowest BCUT2D eigenvalue weighted by Crippen LogP contribution is -2.22. The van der Waals surface area contributed by atoms with Gasteiger partial charge in [-0.15, -0.1) is 11.3 Å². The van der Waals surface area contributed by atoms with E-state index in [9.17, 15) is 0 Å². The van der Waals surface area contributed by atoms with E-state index in [2.05, 4.69) is 38.1 Å². The standard InChI is InChI=1S/C12H13BrN2OS/c13-12-4-3-11(17-12)10-2-1-6-15(10)8-9-5-7-16-14-9/h3-5,7,10H,1-2,6,8H2/t10-/m1/s1. The second kappa shape index (κ2) is 4.92. The first-order valence-corrected chi connectivity index (χ1v) is 7.32. The minimum Gasteiger partial charge on any atom is -0.364 e. The van der Waals surface area contributed by atoms with E-state index in [1.54, 1.807) is 6.26 Å². The predicted octanol–water partition coefficient (Wildman–Crippen LogP) is 3.84. The Bertz CT molecular complexity index is 482. The van der Waals surface area contributed by atoms with Crippen LogP contribution in [0.1, 0.15) is 29.5 Å². The number of hydrogen-bond acceptors (Lipinski definition) is 4. The van der Waals surface area contributed by atoms with Crippen LogP contribution in [0.4, 0.5) is 0 Å². The summed E-state index contributed by atoms with van der Waals surface area (Å²) in [7, 11) is 0. The highest BCUT2D eigenvalue weighted by Crippen LogP contribution is 2.37. The molecule has 0 N–H and O–H groups in total. The molecule has 1 atom stereocenters. The predicted molar refractivity (Wildman–Crippen MR) is 70.9 cm³/mol. The van der Waals surface area contributed by atoms with Gasteiger partial charge in [0.1, 0.15) is 6.26 Å². The summed E-state index contributed by atoms with van der Waals surface area (Å²) in [5.74, 6) is 0. The molecule has 0 unspecified atom stereocenters. The summed E-state index contributed by atoms with van der Waals surface area (Å²) < 4.78 is 6.10. The summed E-state index contributed by atoms with van der Waals surface area (Å²) in [5, 5.41) is 3.99. The Morgan fingerprint density at radius 3 is 3.12 bits per heavy atom. The normalized spacial score (nSPS) is 21.1. The Hall–Kier alpha value is -0.650. The van der Waals surface area contributed by atoms with Gasteiger partial charge in [-0.3, -0.25) is 4.90 Å². The third kappa shape index (κ3) is 2.46. The molecule has 90 valence electrons. The van der Waals surface area contributed by atoms with Crippen molar-refractivity contribution in [1.82, 2.24) is 10.1 Å². The molecule has 2 aromatic rings. The second-order valence-corrected chi connectivity index (χ2v) is 6.76. The minimum absolute atomic E-state index is 0.544. The molecule has 5 heteroatoms. The fourth-order valence-electron chi connectivity index (χ4n) is 2.37. The van der Waals surface area contributed by atoms with Crippen LogP contribution in [0.5, 0.6) is 0 Å². The molecule has 1 aliphatic rings. The first-order chi connectivity index (χ1) is 8.33. The van der Waals surface area contributed by atoms with Crippen LogP contribution in [0.3, 0.4) is 0 Å². The van der Waals surface area contributed by atoms with Gasteiger partial charge in [0.05, 0.1) is 9.48 Å². The van der Waals surface area contributed by atoms with Crippen molar-refractivity contribution in [2.75, 3.05) is 6.54 Å². The highest BCUT2D eigenvalue weighted by Gasteiger charge is 2.27. The SMILES string of the molecule is Brc1ccc([C@H]2CCCN2Cc2ccon2)s1. The molecule has 0 aromatic carbocycles. The van der Waals surface area contributed by atoms with E-state index in [-0.39, 0.29) is 0 Å². The average Bonchev–Trinajstić information content (AvgIpc) is 2.99. The monoisotopic (exact) mass is 312 g/mol. The molecule has 0 amide bonds. The summed E-state index contributed by atoms with van der Waals surface area (Å²) in [6, 6.07) is 6.84. The lowest BCUT2D eigenvalue weighted by molar-refractivity contribution is 0.243. The molecule has 3 heterocycles. The van der Waals surface area contributed by atoms with Crippen LogP contribution in [0.15, 0.2) is 32.8 Å². The van der Waals surface area contributed by atoms with Gasteiger partial charge in [0.2, 0.25) is 0 Å². The van der Waals surface area contributed by atoms with Crippen LogP contribution in [0.2, 0.25) is 0 Å². The van der Waals surface area contributed by atoms with Crippen molar-refractivity contribution in [2.45, 2.75) is 25.4 Å². The number of nitrogens with zero attached hydrogens (tertiary/aromatic N) is 2. The van der Waals surface area contributed by atoms with E-state index in [4.69, 9.17) is 4.52 Å². The second-order valence-electron chi connectivity index (χ2n) is 4.26. The lowest BCUT2D eigenvalue weighted by atomic mass is 10.2. The maximum Gasteiger partial charge on any atom is 0.124 e. The largest absolute Gasteiger partial charge is 0.364 e. The molecule has 2 aromatic heterocycles. The molecule has 3 nitrogen and oxygen atoms in total. The van der Waals surface area contributed by atoms with Crippen molar-refractivity contribution < 1.29 is 4.52 Å². The number of hydrogen-bond donors (Lipinski definition) is 0. The maximum atomic E-state index is 4.89. The zero-order chi connectivity index (χ0) is 11.7. The highest BCUT2D eigenvalue weighted by molar-refractivity contribution is 9.11. The number of aromatic nitrogens is 1. The maximum absolute atomic E-state index is 4.89. The van der Waals surface area contributed by atoms with Crippen molar-refractivity contribution in [3.63, 3.8) is 0 Å². The minimum atomic E-state index is 0.544. The Balaban J connectivity index is 1.76. The van der Waals surface area contributed by atoms with Crippen LogP contribution in [-0.2, 0) is 6.54 Å². The van der Waals surface area contributed by atoms with E-state index in [0.29, 0.717) is 6.04 Å². The molecule has 1 saturated heterocycles. The molecule has 0 aliphatic carbocycles. The Morgan fingerprint density at radius 2 is 2.41 bits per heavy atom. The Kier molecular flexibility index (Phi) is 3.31. The summed E-state index contributed by atoms with van der Waals surface area (Å²) in [5.41, 5.74) is 1.02. The molecule has 17 heavy (non-hydrogen) atoms. The quantitative estimate of drug-likeness (QED) is 0.862. The van der Waals surface area contributed by atoms with Crippen LogP contribution >= 0.6 is 27.3 Å². The smallest absolute Gasteiger partial charge is 0.124 e. The van der Waals surface area contributed by atoms with Gasteiger partial charge in [0.15, 0.2) is 0 Å². The Labute approximate surface area is 113 Å². The number of likely N-dealkylation sites (tertiary alicyclic amines) is 1. The summed E-state index contributed by atoms with van der Waals surface area (Å²) in [6.45, 7) is 2.03. The molecule has 3 rings (SSSR count). The van der Waals surface area contributed by atoms with E-state index in [0.717, 1.165) is 18.8 Å². The fourth-order valence-corrected chi connectivity index (χ4v) is 3.97. The van der Waals surface area contributed by atoms with Gasteiger partial charge in [0, 0.05) is 23.5 Å². The van der Waals surface area contributed by atoms with E-state index < -0.39 is 0 Å². The zero-order valence-electron chi connectivity index (χ0n) is 9.30. The Morgan fingerprint density at radius 1 is 1.47 bits per heavy atom. The van der Waals surface area contributed by atoms with Gasteiger partial charge >= 0.3 is 0 Å². The summed E-state index contributed by atoms with van der Waals surface area (Å²) in [6.07, 6.45) is 4.14. The first-order valence-electron chi connectivity index (χ1n) is 5.71. The summed E-state index contributed by atoms with van der Waals surface area (Å²) >= 11 is 5.36. The average molecular weight is 313 g/mol. The van der Waals surface area contributed by atoms with E-state index in [1.807, 2.05) is 17.4 Å². The van der Waals surface area contributed by atoms with Crippen LogP contribution in [0.25, 0.3) is 0 Å².